The van der Waals surface area contributed by atoms with Gasteiger partial charge in [-0.1, -0.05) is 55.7 Å². The van der Waals surface area contributed by atoms with Crippen LogP contribution >= 0.6 is 11.8 Å². The van der Waals surface area contributed by atoms with E-state index >= 15 is 0 Å². The standard InChI is InChI=1S/C26H33N2O2S/c1-2-30-24-12-7-6-11-23(24)27-19-26(29,28-17-8-18-31-25(27)28)22-15-13-21(14-16-22)20-9-4-3-5-10-20/h6-7,11-16,20,29H,2-5,8-10,17-19H2,1H3/q+1. The van der Waals surface area contributed by atoms with Crippen molar-refractivity contribution in [2.24, 2.45) is 0 Å². The molecule has 3 aliphatic rings. The van der Waals surface area contributed by atoms with E-state index < -0.39 is 5.72 Å². The predicted octanol–water partition coefficient (Wildman–Crippen LogP) is 5.30. The highest BCUT2D eigenvalue weighted by molar-refractivity contribution is 8.13. The number of nitrogens with zero attached hydrogens (tertiary/aromatic N) is 2. The van der Waals surface area contributed by atoms with Crippen molar-refractivity contribution in [3.8, 4) is 5.75 Å². The molecule has 1 N–H and O–H groups in total. The number of benzene rings is 2. The van der Waals surface area contributed by atoms with Gasteiger partial charge < -0.3 is 9.84 Å². The van der Waals surface area contributed by atoms with Crippen molar-refractivity contribution >= 4 is 22.6 Å². The van der Waals surface area contributed by atoms with Gasteiger partial charge in [-0.25, -0.2) is 9.48 Å². The van der Waals surface area contributed by atoms with Crippen LogP contribution in [0.15, 0.2) is 48.5 Å². The summed E-state index contributed by atoms with van der Waals surface area (Å²) in [5.41, 5.74) is 2.44. The van der Waals surface area contributed by atoms with Crippen LogP contribution in [0, 0.1) is 0 Å². The number of hydrogen-bond donors (Lipinski definition) is 1. The lowest BCUT2D eigenvalue weighted by molar-refractivity contribution is -0.656. The number of ether oxygens (including phenoxy) is 1. The molecule has 0 radical (unpaired) electrons. The van der Waals surface area contributed by atoms with Gasteiger partial charge >= 0.3 is 5.17 Å². The minimum Gasteiger partial charge on any atom is -0.489 e. The van der Waals surface area contributed by atoms with Crippen LogP contribution in [0.2, 0.25) is 0 Å². The Hall–Kier alpha value is -1.98. The van der Waals surface area contributed by atoms with Crippen LogP contribution in [0.3, 0.4) is 0 Å². The summed E-state index contributed by atoms with van der Waals surface area (Å²) in [5, 5.41) is 13.2. The molecular weight excluding hydrogens is 404 g/mol. The number of aliphatic hydroxyl groups is 1. The van der Waals surface area contributed by atoms with Crippen molar-refractivity contribution in [3.05, 3.63) is 59.7 Å². The van der Waals surface area contributed by atoms with Crippen molar-refractivity contribution < 1.29 is 14.4 Å². The van der Waals surface area contributed by atoms with Crippen molar-refractivity contribution in [2.45, 2.75) is 57.1 Å². The maximum atomic E-state index is 12.0. The first-order chi connectivity index (χ1) is 15.2. The van der Waals surface area contributed by atoms with Gasteiger partial charge in [0.2, 0.25) is 0 Å². The summed E-state index contributed by atoms with van der Waals surface area (Å²) in [5.74, 6) is 2.64. The number of para-hydroxylation sites is 2. The van der Waals surface area contributed by atoms with Crippen molar-refractivity contribution in [1.29, 1.82) is 0 Å². The van der Waals surface area contributed by atoms with E-state index in [0.29, 0.717) is 19.1 Å². The summed E-state index contributed by atoms with van der Waals surface area (Å²) in [6.07, 6.45) is 7.73. The first kappa shape index (κ1) is 20.9. The summed E-state index contributed by atoms with van der Waals surface area (Å²) in [6.45, 7) is 4.03. The summed E-state index contributed by atoms with van der Waals surface area (Å²) in [4.78, 5) is 2.25. The highest BCUT2D eigenvalue weighted by Gasteiger charge is 2.53. The second-order valence-corrected chi connectivity index (χ2v) is 9.96. The van der Waals surface area contributed by atoms with E-state index in [4.69, 9.17) is 4.74 Å². The van der Waals surface area contributed by atoms with Crippen molar-refractivity contribution in [2.75, 3.05) is 30.3 Å². The van der Waals surface area contributed by atoms with Gasteiger partial charge in [0.25, 0.3) is 5.72 Å². The molecule has 5 rings (SSSR count). The van der Waals surface area contributed by atoms with Crippen LogP contribution in [-0.4, -0.2) is 40.3 Å². The Balaban J connectivity index is 1.48. The minimum absolute atomic E-state index is 0.516. The van der Waals surface area contributed by atoms with Gasteiger partial charge in [0.15, 0.2) is 18.0 Å². The third kappa shape index (κ3) is 3.87. The molecule has 5 heteroatoms. The number of anilines is 1. The molecule has 0 amide bonds. The largest absolute Gasteiger partial charge is 0.489 e. The van der Waals surface area contributed by atoms with E-state index in [-0.39, 0.29) is 0 Å². The van der Waals surface area contributed by atoms with E-state index in [9.17, 15) is 5.11 Å². The van der Waals surface area contributed by atoms with Crippen LogP contribution in [0.5, 0.6) is 5.75 Å². The monoisotopic (exact) mass is 437 g/mol. The Morgan fingerprint density at radius 3 is 2.61 bits per heavy atom. The van der Waals surface area contributed by atoms with Crippen LogP contribution in [-0.2, 0) is 5.72 Å². The summed E-state index contributed by atoms with van der Waals surface area (Å²) < 4.78 is 8.13. The Kier molecular flexibility index (Phi) is 5.98. The van der Waals surface area contributed by atoms with E-state index in [1.807, 2.05) is 36.9 Å². The SMILES string of the molecule is CCOc1ccccc1N1CC(O)(c2ccc(C3CCCCC3)cc2)[N+]2=C1SCCC2. The third-order valence-electron chi connectivity index (χ3n) is 6.95. The molecule has 0 spiro atoms. The van der Waals surface area contributed by atoms with Crippen LogP contribution in [0.1, 0.15) is 62.5 Å². The Morgan fingerprint density at radius 1 is 1.06 bits per heavy atom. The fourth-order valence-electron chi connectivity index (χ4n) is 5.35. The molecule has 2 aliphatic heterocycles. The molecule has 0 bridgehead atoms. The van der Waals surface area contributed by atoms with E-state index in [1.54, 1.807) is 0 Å². The average molecular weight is 438 g/mol. The second kappa shape index (κ2) is 8.87. The molecule has 2 aromatic rings. The molecule has 2 aromatic carbocycles. The molecule has 1 aliphatic carbocycles. The molecule has 1 atom stereocenters. The normalized spacial score (nSPS) is 24.4. The molecule has 1 saturated carbocycles. The molecule has 164 valence electrons. The number of hydrogen-bond acceptors (Lipinski definition) is 4. The summed E-state index contributed by atoms with van der Waals surface area (Å²) in [6, 6.07) is 17.0. The average Bonchev–Trinajstić information content (AvgIpc) is 3.14. The van der Waals surface area contributed by atoms with E-state index in [0.717, 1.165) is 40.9 Å². The van der Waals surface area contributed by atoms with Gasteiger partial charge in [-0.3, -0.25) is 0 Å². The lowest BCUT2D eigenvalue weighted by Gasteiger charge is -2.26. The lowest BCUT2D eigenvalue weighted by Crippen LogP contribution is -2.41. The smallest absolute Gasteiger partial charge is 0.316 e. The van der Waals surface area contributed by atoms with Crippen molar-refractivity contribution in [3.63, 3.8) is 0 Å². The quantitative estimate of drug-likeness (QED) is 0.644. The Bertz CT molecular complexity index is 952. The Labute approximate surface area is 189 Å². The van der Waals surface area contributed by atoms with Gasteiger partial charge in [-0.05, 0) is 61.6 Å². The lowest BCUT2D eigenvalue weighted by atomic mass is 9.83. The fraction of sp³-hybridized carbons (Fsp3) is 0.500. The van der Waals surface area contributed by atoms with Crippen LogP contribution < -0.4 is 9.64 Å². The maximum Gasteiger partial charge on any atom is 0.316 e. The molecule has 1 unspecified atom stereocenters. The molecule has 0 saturated heterocycles. The van der Waals surface area contributed by atoms with Gasteiger partial charge in [0.1, 0.15) is 0 Å². The Morgan fingerprint density at radius 2 is 1.84 bits per heavy atom. The zero-order valence-corrected chi connectivity index (χ0v) is 19.2. The summed E-state index contributed by atoms with van der Waals surface area (Å²) >= 11 is 1.84. The first-order valence-electron chi connectivity index (χ1n) is 11.8. The van der Waals surface area contributed by atoms with Gasteiger partial charge in [-0.2, -0.15) is 0 Å². The van der Waals surface area contributed by atoms with E-state index in [2.05, 4.69) is 39.8 Å². The van der Waals surface area contributed by atoms with Crippen molar-refractivity contribution in [1.82, 2.24) is 0 Å². The predicted molar refractivity (Wildman–Crippen MR) is 128 cm³/mol. The summed E-state index contributed by atoms with van der Waals surface area (Å²) in [7, 11) is 0. The van der Waals surface area contributed by atoms with Gasteiger partial charge in [0, 0.05) is 11.3 Å². The number of β-amino-alcohol motifs (C(OH)–C–C–N with tert-alkyl or cyclic N) is 1. The van der Waals surface area contributed by atoms with E-state index in [1.165, 1.54) is 37.7 Å². The molecule has 4 nitrogen and oxygen atoms in total. The fourth-order valence-corrected chi connectivity index (χ4v) is 6.52. The molecule has 0 aromatic heterocycles. The van der Waals surface area contributed by atoms with Crippen LogP contribution in [0.25, 0.3) is 0 Å². The molecule has 1 fully saturated rings. The molecule has 31 heavy (non-hydrogen) atoms. The topological polar surface area (TPSA) is 35.7 Å². The minimum atomic E-state index is -1.02. The number of amidine groups is 1. The zero-order chi connectivity index (χ0) is 21.3. The maximum absolute atomic E-state index is 12.0. The first-order valence-corrected chi connectivity index (χ1v) is 12.8. The molecular formula is C26H33N2O2S+. The molecule has 2 heterocycles. The van der Waals surface area contributed by atoms with Gasteiger partial charge in [-0.15, -0.1) is 0 Å². The van der Waals surface area contributed by atoms with Gasteiger partial charge in [0.05, 0.1) is 13.2 Å². The third-order valence-corrected chi connectivity index (χ3v) is 8.14. The number of thioether (sulfide) groups is 1. The second-order valence-electron chi connectivity index (χ2n) is 8.90. The highest BCUT2D eigenvalue weighted by Crippen LogP contribution is 2.41. The zero-order valence-electron chi connectivity index (χ0n) is 18.4. The highest BCUT2D eigenvalue weighted by atomic mass is 32.2. The van der Waals surface area contributed by atoms with Crippen LogP contribution in [0.4, 0.5) is 5.69 Å². The number of rotatable bonds is 5.